The number of ether oxygens (including phenoxy) is 1. The molecule has 0 aliphatic heterocycles. The van der Waals surface area contributed by atoms with Crippen molar-refractivity contribution >= 4 is 34.8 Å². The fraction of sp³-hybridized carbons (Fsp3) is 0.0909. The second-order valence-corrected chi connectivity index (χ2v) is 7.44. The zero-order valence-electron chi connectivity index (χ0n) is 16.4. The van der Waals surface area contributed by atoms with Crippen molar-refractivity contribution in [2.45, 2.75) is 5.03 Å². The van der Waals surface area contributed by atoms with E-state index >= 15 is 0 Å². The summed E-state index contributed by atoms with van der Waals surface area (Å²) in [5.74, 6) is -1.05. The lowest BCUT2D eigenvalue weighted by Gasteiger charge is -2.09. The van der Waals surface area contributed by atoms with Crippen molar-refractivity contribution in [3.05, 3.63) is 78.4 Å². The van der Waals surface area contributed by atoms with E-state index in [1.807, 2.05) is 6.07 Å². The van der Waals surface area contributed by atoms with Gasteiger partial charge in [0.2, 0.25) is 5.91 Å². The van der Waals surface area contributed by atoms with Gasteiger partial charge in [-0.1, -0.05) is 23.9 Å². The molecule has 31 heavy (non-hydrogen) atoms. The Morgan fingerprint density at radius 3 is 2.71 bits per heavy atom. The number of amides is 1. The number of esters is 1. The quantitative estimate of drug-likeness (QED) is 0.363. The third kappa shape index (κ3) is 4.56. The summed E-state index contributed by atoms with van der Waals surface area (Å²) in [6.07, 6.45) is 3.31. The number of thioether (sulfide) groups is 1. The lowest BCUT2D eigenvalue weighted by atomic mass is 10.1. The fourth-order valence-electron chi connectivity index (χ4n) is 2.97. The number of anilines is 1. The summed E-state index contributed by atoms with van der Waals surface area (Å²) in [5, 5.41) is 7.86. The van der Waals surface area contributed by atoms with Crippen LogP contribution in [0.5, 0.6) is 0 Å². The maximum absolute atomic E-state index is 13.2. The highest BCUT2D eigenvalue weighted by Crippen LogP contribution is 2.26. The van der Waals surface area contributed by atoms with Crippen LogP contribution in [0, 0.1) is 5.82 Å². The first-order chi connectivity index (χ1) is 15.0. The SMILES string of the molecule is COC(=O)c1ccccc1NC(=O)CSc1nccn2nc(-c3ccc(F)cc3)cc12. The molecule has 0 fully saturated rings. The number of aromatic nitrogens is 3. The molecule has 0 bridgehead atoms. The Morgan fingerprint density at radius 2 is 1.94 bits per heavy atom. The predicted octanol–water partition coefficient (Wildman–Crippen LogP) is 4.05. The van der Waals surface area contributed by atoms with Crippen LogP contribution in [0.25, 0.3) is 16.8 Å². The highest BCUT2D eigenvalue weighted by molar-refractivity contribution is 8.00. The van der Waals surface area contributed by atoms with Crippen molar-refractivity contribution in [2.75, 3.05) is 18.2 Å². The molecule has 0 radical (unpaired) electrons. The van der Waals surface area contributed by atoms with Gasteiger partial charge in [0.05, 0.1) is 35.3 Å². The van der Waals surface area contributed by atoms with E-state index in [1.165, 1.54) is 31.0 Å². The number of carbonyl (C=O) groups is 2. The van der Waals surface area contributed by atoms with E-state index in [9.17, 15) is 14.0 Å². The van der Waals surface area contributed by atoms with Crippen LogP contribution >= 0.6 is 11.8 Å². The molecule has 7 nitrogen and oxygen atoms in total. The molecule has 0 aliphatic carbocycles. The standard InChI is InChI=1S/C22H17FN4O3S/c1-30-22(29)16-4-2-3-5-17(16)25-20(28)13-31-21-19-12-18(26-27(19)11-10-24-21)14-6-8-15(23)9-7-14/h2-12H,13H2,1H3,(H,25,28). The van der Waals surface area contributed by atoms with E-state index in [0.29, 0.717) is 16.4 Å². The number of methoxy groups -OCH3 is 1. The van der Waals surface area contributed by atoms with Crippen LogP contribution < -0.4 is 5.32 Å². The number of benzene rings is 2. The molecule has 1 N–H and O–H groups in total. The first-order valence-corrected chi connectivity index (χ1v) is 10.2. The highest BCUT2D eigenvalue weighted by Gasteiger charge is 2.15. The maximum atomic E-state index is 13.2. The molecule has 0 atom stereocenters. The molecule has 4 rings (SSSR count). The smallest absolute Gasteiger partial charge is 0.339 e. The number of para-hydroxylation sites is 1. The number of rotatable bonds is 6. The Morgan fingerprint density at radius 1 is 1.16 bits per heavy atom. The summed E-state index contributed by atoms with van der Waals surface area (Å²) in [6, 6.07) is 14.5. The topological polar surface area (TPSA) is 85.6 Å². The molecule has 2 aromatic carbocycles. The van der Waals surface area contributed by atoms with Gasteiger partial charge in [-0.15, -0.1) is 0 Å². The minimum atomic E-state index is -0.525. The summed E-state index contributed by atoms with van der Waals surface area (Å²) in [5.41, 5.74) is 2.84. The maximum Gasteiger partial charge on any atom is 0.339 e. The fourth-order valence-corrected chi connectivity index (χ4v) is 3.75. The Hall–Kier alpha value is -3.72. The molecule has 4 aromatic rings. The molecule has 2 aromatic heterocycles. The molecular weight excluding hydrogens is 419 g/mol. The number of carbonyl (C=O) groups excluding carboxylic acids is 2. The van der Waals surface area contributed by atoms with E-state index in [1.54, 1.807) is 53.3 Å². The van der Waals surface area contributed by atoms with Crippen LogP contribution in [0.1, 0.15) is 10.4 Å². The highest BCUT2D eigenvalue weighted by atomic mass is 32.2. The number of fused-ring (bicyclic) bond motifs is 1. The van der Waals surface area contributed by atoms with Crippen molar-refractivity contribution < 1.29 is 18.7 Å². The Labute approximate surface area is 181 Å². The monoisotopic (exact) mass is 436 g/mol. The van der Waals surface area contributed by atoms with Gasteiger partial charge in [-0.05, 0) is 42.5 Å². The van der Waals surface area contributed by atoms with Gasteiger partial charge < -0.3 is 10.1 Å². The average Bonchev–Trinajstić information content (AvgIpc) is 3.23. The van der Waals surface area contributed by atoms with Crippen molar-refractivity contribution in [1.29, 1.82) is 0 Å². The molecule has 9 heteroatoms. The van der Waals surface area contributed by atoms with Crippen molar-refractivity contribution in [3.8, 4) is 11.3 Å². The molecule has 0 spiro atoms. The summed E-state index contributed by atoms with van der Waals surface area (Å²) >= 11 is 1.25. The molecule has 0 saturated heterocycles. The second kappa shape index (κ2) is 8.97. The second-order valence-electron chi connectivity index (χ2n) is 6.47. The van der Waals surface area contributed by atoms with Crippen LogP contribution in [0.3, 0.4) is 0 Å². The van der Waals surface area contributed by atoms with Crippen molar-refractivity contribution in [2.24, 2.45) is 0 Å². The molecule has 2 heterocycles. The van der Waals surface area contributed by atoms with Crippen molar-refractivity contribution in [3.63, 3.8) is 0 Å². The Bertz CT molecular complexity index is 1260. The molecule has 1 amide bonds. The van der Waals surface area contributed by atoms with Gasteiger partial charge in [0.1, 0.15) is 10.8 Å². The van der Waals surface area contributed by atoms with E-state index in [4.69, 9.17) is 4.74 Å². The minimum absolute atomic E-state index is 0.0826. The number of hydrogen-bond donors (Lipinski definition) is 1. The summed E-state index contributed by atoms with van der Waals surface area (Å²) < 4.78 is 19.6. The van der Waals surface area contributed by atoms with Gasteiger partial charge >= 0.3 is 5.97 Å². The van der Waals surface area contributed by atoms with E-state index in [-0.39, 0.29) is 23.0 Å². The lowest BCUT2D eigenvalue weighted by Crippen LogP contribution is -2.17. The predicted molar refractivity (Wildman–Crippen MR) is 116 cm³/mol. The zero-order chi connectivity index (χ0) is 21.8. The van der Waals surface area contributed by atoms with E-state index in [2.05, 4.69) is 15.4 Å². The van der Waals surface area contributed by atoms with Gasteiger partial charge in [0.25, 0.3) is 0 Å². The largest absolute Gasteiger partial charge is 0.465 e. The van der Waals surface area contributed by atoms with Gasteiger partial charge in [-0.3, -0.25) is 4.79 Å². The summed E-state index contributed by atoms with van der Waals surface area (Å²) in [4.78, 5) is 28.7. The zero-order valence-corrected chi connectivity index (χ0v) is 17.2. The van der Waals surface area contributed by atoms with Gasteiger partial charge in [0, 0.05) is 18.0 Å². The Balaban J connectivity index is 1.50. The molecule has 0 aliphatic rings. The summed E-state index contributed by atoms with van der Waals surface area (Å²) in [7, 11) is 1.29. The first-order valence-electron chi connectivity index (χ1n) is 9.25. The third-order valence-corrected chi connectivity index (χ3v) is 5.44. The third-order valence-electron chi connectivity index (χ3n) is 4.44. The van der Waals surface area contributed by atoms with Gasteiger partial charge in [-0.2, -0.15) is 5.10 Å². The number of hydrogen-bond acceptors (Lipinski definition) is 6. The first kappa shape index (κ1) is 20.5. The molecule has 0 saturated carbocycles. The minimum Gasteiger partial charge on any atom is -0.465 e. The van der Waals surface area contributed by atoms with Crippen LogP contribution in [0.4, 0.5) is 10.1 Å². The molecule has 0 unspecified atom stereocenters. The lowest BCUT2D eigenvalue weighted by molar-refractivity contribution is -0.113. The summed E-state index contributed by atoms with van der Waals surface area (Å²) in [6.45, 7) is 0. The van der Waals surface area contributed by atoms with Gasteiger partial charge in [0.15, 0.2) is 0 Å². The van der Waals surface area contributed by atoms with E-state index < -0.39 is 5.97 Å². The number of halogens is 1. The normalized spacial score (nSPS) is 10.8. The van der Waals surface area contributed by atoms with Crippen LogP contribution in [0.15, 0.2) is 72.0 Å². The van der Waals surface area contributed by atoms with Gasteiger partial charge in [-0.25, -0.2) is 18.7 Å². The molecular formula is C22H17FN4O3S. The van der Waals surface area contributed by atoms with Crippen LogP contribution in [-0.4, -0.2) is 39.3 Å². The van der Waals surface area contributed by atoms with Crippen LogP contribution in [-0.2, 0) is 9.53 Å². The Kier molecular flexibility index (Phi) is 5.94. The van der Waals surface area contributed by atoms with Crippen LogP contribution in [0.2, 0.25) is 0 Å². The number of nitrogens with zero attached hydrogens (tertiary/aromatic N) is 3. The number of nitrogens with one attached hydrogen (secondary N) is 1. The molecule has 156 valence electrons. The average molecular weight is 436 g/mol. The van der Waals surface area contributed by atoms with Crippen molar-refractivity contribution in [1.82, 2.24) is 14.6 Å². The van der Waals surface area contributed by atoms with E-state index in [0.717, 1.165) is 11.1 Å².